The molecule has 24 heavy (non-hydrogen) atoms. The summed E-state index contributed by atoms with van der Waals surface area (Å²) in [5, 5.41) is 16.8. The fourth-order valence-corrected chi connectivity index (χ4v) is 2.48. The summed E-state index contributed by atoms with van der Waals surface area (Å²) < 4.78 is 1.68. The van der Waals surface area contributed by atoms with E-state index < -0.39 is 5.97 Å². The number of carbonyl (C=O) groups is 2. The smallest absolute Gasteiger partial charge is 0.335 e. The van der Waals surface area contributed by atoms with Crippen molar-refractivity contribution in [3.05, 3.63) is 58.9 Å². The number of nitrogens with zero attached hydrogens (tertiary/aromatic N) is 3. The third kappa shape index (κ3) is 2.96. The van der Waals surface area contributed by atoms with Crippen molar-refractivity contribution in [2.24, 2.45) is 7.05 Å². The summed E-state index contributed by atoms with van der Waals surface area (Å²) in [7, 11) is 1.81. The van der Waals surface area contributed by atoms with E-state index in [2.05, 4.69) is 15.4 Å². The highest BCUT2D eigenvalue weighted by molar-refractivity contribution is 5.97. The van der Waals surface area contributed by atoms with Gasteiger partial charge in [-0.25, -0.2) is 9.78 Å². The van der Waals surface area contributed by atoms with Gasteiger partial charge in [-0.1, -0.05) is 12.1 Å². The van der Waals surface area contributed by atoms with E-state index in [9.17, 15) is 9.59 Å². The molecule has 0 saturated heterocycles. The lowest BCUT2D eigenvalue weighted by Crippen LogP contribution is -2.23. The number of hydrogen-bond donors (Lipinski definition) is 2. The summed E-state index contributed by atoms with van der Waals surface area (Å²) >= 11 is 0. The number of aryl methyl sites for hydroxylation is 2. The number of carboxylic acid groups (broad SMARTS) is 1. The van der Waals surface area contributed by atoms with Crippen LogP contribution in [0.4, 0.5) is 0 Å². The molecule has 0 bridgehead atoms. The van der Waals surface area contributed by atoms with Crippen LogP contribution in [0, 0.1) is 6.92 Å². The van der Waals surface area contributed by atoms with Crippen LogP contribution in [0.1, 0.15) is 32.0 Å². The number of hydrogen-bond acceptors (Lipinski definition) is 4. The molecule has 0 saturated carbocycles. The molecule has 2 N–H and O–H groups in total. The van der Waals surface area contributed by atoms with Crippen LogP contribution >= 0.6 is 0 Å². The number of fused-ring (bicyclic) bond motifs is 1. The Morgan fingerprint density at radius 1 is 1.21 bits per heavy atom. The zero-order chi connectivity index (χ0) is 17.3. The summed E-state index contributed by atoms with van der Waals surface area (Å²) in [6.07, 6.45) is 1.52. The minimum Gasteiger partial charge on any atom is -0.478 e. The van der Waals surface area contributed by atoms with Crippen LogP contribution in [0.3, 0.4) is 0 Å². The molecule has 0 atom stereocenters. The number of amides is 1. The number of rotatable bonds is 4. The number of aromatic carboxylic acids is 1. The fourth-order valence-electron chi connectivity index (χ4n) is 2.48. The normalized spacial score (nSPS) is 10.8. The molecule has 3 aromatic rings. The number of carboxylic acids is 1. The maximum absolute atomic E-state index is 12.3. The summed E-state index contributed by atoms with van der Waals surface area (Å²) in [5.41, 5.74) is 3.04. The number of carbonyl (C=O) groups excluding carboxylic acids is 1. The third-order valence-corrected chi connectivity index (χ3v) is 3.78. The summed E-state index contributed by atoms with van der Waals surface area (Å²) in [4.78, 5) is 27.4. The number of nitrogens with one attached hydrogen (secondary N) is 1. The molecule has 1 aromatic carbocycles. The Labute approximate surface area is 137 Å². The Bertz CT molecular complexity index is 929. The van der Waals surface area contributed by atoms with Crippen molar-refractivity contribution in [1.29, 1.82) is 0 Å². The maximum atomic E-state index is 12.3. The molecular weight excluding hydrogens is 308 g/mol. The highest BCUT2D eigenvalue weighted by Crippen LogP contribution is 2.16. The molecule has 3 rings (SSSR count). The van der Waals surface area contributed by atoms with E-state index in [1.54, 1.807) is 22.9 Å². The SMILES string of the molecule is Cc1nn(C)c2ncc(C(=O)NCc3ccc(C(=O)O)cc3)cc12. The largest absolute Gasteiger partial charge is 0.478 e. The van der Waals surface area contributed by atoms with Gasteiger partial charge >= 0.3 is 5.97 Å². The molecular formula is C17H16N4O3. The van der Waals surface area contributed by atoms with E-state index in [1.165, 1.54) is 18.3 Å². The molecule has 0 radical (unpaired) electrons. The molecule has 0 fully saturated rings. The molecule has 7 heteroatoms. The van der Waals surface area contributed by atoms with Crippen molar-refractivity contribution >= 4 is 22.9 Å². The number of benzene rings is 1. The van der Waals surface area contributed by atoms with Gasteiger partial charge in [0.15, 0.2) is 5.65 Å². The molecule has 0 aliphatic rings. The van der Waals surface area contributed by atoms with Crippen LogP contribution in [-0.4, -0.2) is 31.7 Å². The van der Waals surface area contributed by atoms with Crippen LogP contribution < -0.4 is 5.32 Å². The first-order chi connectivity index (χ1) is 11.5. The summed E-state index contributed by atoms with van der Waals surface area (Å²) in [5.74, 6) is -1.22. The first-order valence-electron chi connectivity index (χ1n) is 7.35. The van der Waals surface area contributed by atoms with Crippen molar-refractivity contribution in [1.82, 2.24) is 20.1 Å². The van der Waals surface area contributed by atoms with Crippen molar-refractivity contribution < 1.29 is 14.7 Å². The van der Waals surface area contributed by atoms with Gasteiger partial charge in [-0.05, 0) is 30.7 Å². The molecule has 0 aliphatic carbocycles. The standard InChI is InChI=1S/C17H16N4O3/c1-10-14-7-13(9-18-15(14)21(2)20-10)16(22)19-8-11-3-5-12(6-4-11)17(23)24/h3-7,9H,8H2,1-2H3,(H,19,22)(H,23,24). The molecule has 7 nitrogen and oxygen atoms in total. The number of aromatic nitrogens is 3. The van der Waals surface area contributed by atoms with Crippen LogP contribution in [0.5, 0.6) is 0 Å². The van der Waals surface area contributed by atoms with Crippen molar-refractivity contribution in [3.8, 4) is 0 Å². The van der Waals surface area contributed by atoms with E-state index in [4.69, 9.17) is 5.11 Å². The lowest BCUT2D eigenvalue weighted by molar-refractivity contribution is 0.0696. The molecule has 0 unspecified atom stereocenters. The van der Waals surface area contributed by atoms with Gasteiger partial charge in [-0.2, -0.15) is 5.10 Å². The first-order valence-corrected chi connectivity index (χ1v) is 7.35. The number of pyridine rings is 1. The Morgan fingerprint density at radius 3 is 2.58 bits per heavy atom. The van der Waals surface area contributed by atoms with Crippen molar-refractivity contribution in [3.63, 3.8) is 0 Å². The Morgan fingerprint density at radius 2 is 1.92 bits per heavy atom. The second-order valence-electron chi connectivity index (χ2n) is 5.49. The van der Waals surface area contributed by atoms with Gasteiger partial charge in [0.25, 0.3) is 5.91 Å². The molecule has 0 aliphatic heterocycles. The molecule has 2 aromatic heterocycles. The highest BCUT2D eigenvalue weighted by Gasteiger charge is 2.11. The van der Waals surface area contributed by atoms with Gasteiger partial charge in [-0.15, -0.1) is 0 Å². The molecule has 0 spiro atoms. The van der Waals surface area contributed by atoms with Gasteiger partial charge in [0, 0.05) is 25.2 Å². The predicted octanol–water partition coefficient (Wildman–Crippen LogP) is 1.90. The van der Waals surface area contributed by atoms with Crippen molar-refractivity contribution in [2.75, 3.05) is 0 Å². The molecule has 2 heterocycles. The lowest BCUT2D eigenvalue weighted by atomic mass is 10.1. The van der Waals surface area contributed by atoms with Crippen LogP contribution in [-0.2, 0) is 13.6 Å². The second kappa shape index (κ2) is 6.11. The zero-order valence-electron chi connectivity index (χ0n) is 13.3. The Balaban J connectivity index is 1.73. The van der Waals surface area contributed by atoms with Gasteiger partial charge in [0.05, 0.1) is 16.8 Å². The van der Waals surface area contributed by atoms with E-state index in [1.807, 2.05) is 14.0 Å². The average Bonchev–Trinajstić information content (AvgIpc) is 2.87. The Kier molecular flexibility index (Phi) is 3.99. The highest BCUT2D eigenvalue weighted by atomic mass is 16.4. The van der Waals surface area contributed by atoms with Gasteiger partial charge < -0.3 is 10.4 Å². The topological polar surface area (TPSA) is 97.1 Å². The van der Waals surface area contributed by atoms with E-state index in [-0.39, 0.29) is 11.5 Å². The zero-order valence-corrected chi connectivity index (χ0v) is 13.3. The molecule has 122 valence electrons. The summed E-state index contributed by atoms with van der Waals surface area (Å²) in [6.45, 7) is 2.18. The van der Waals surface area contributed by atoms with Gasteiger partial charge in [0.2, 0.25) is 0 Å². The van der Waals surface area contributed by atoms with Gasteiger partial charge in [-0.3, -0.25) is 9.48 Å². The van der Waals surface area contributed by atoms with Crippen LogP contribution in [0.15, 0.2) is 36.5 Å². The predicted molar refractivity (Wildman–Crippen MR) is 87.8 cm³/mol. The van der Waals surface area contributed by atoms with Crippen LogP contribution in [0.25, 0.3) is 11.0 Å². The van der Waals surface area contributed by atoms with Gasteiger partial charge in [0.1, 0.15) is 0 Å². The first kappa shape index (κ1) is 15.7. The fraction of sp³-hybridized carbons (Fsp3) is 0.176. The van der Waals surface area contributed by atoms with E-state index in [0.717, 1.165) is 22.3 Å². The maximum Gasteiger partial charge on any atom is 0.335 e. The minimum absolute atomic E-state index is 0.215. The molecule has 1 amide bonds. The minimum atomic E-state index is -0.975. The van der Waals surface area contributed by atoms with Crippen molar-refractivity contribution in [2.45, 2.75) is 13.5 Å². The second-order valence-corrected chi connectivity index (χ2v) is 5.49. The lowest BCUT2D eigenvalue weighted by Gasteiger charge is -2.06. The van der Waals surface area contributed by atoms with Crippen LogP contribution in [0.2, 0.25) is 0 Å². The Hall–Kier alpha value is -3.22. The quantitative estimate of drug-likeness (QED) is 0.764. The summed E-state index contributed by atoms with van der Waals surface area (Å²) in [6, 6.07) is 8.15. The third-order valence-electron chi connectivity index (χ3n) is 3.78. The average molecular weight is 324 g/mol. The monoisotopic (exact) mass is 324 g/mol. The van der Waals surface area contributed by atoms with E-state index >= 15 is 0 Å². The van der Waals surface area contributed by atoms with E-state index in [0.29, 0.717) is 12.1 Å².